The molecule has 0 saturated heterocycles. The van der Waals surface area contributed by atoms with Gasteiger partial charge in [-0.05, 0) is 49.0 Å². The minimum atomic E-state index is 0.472. The molecule has 4 atom stereocenters. The Kier molecular flexibility index (Phi) is 4.75. The highest BCUT2D eigenvalue weighted by Crippen LogP contribution is 2.38. The predicted octanol–water partition coefficient (Wildman–Crippen LogP) is 4.62. The van der Waals surface area contributed by atoms with Crippen molar-refractivity contribution in [1.82, 2.24) is 5.32 Å². The van der Waals surface area contributed by atoms with Crippen LogP contribution in [0.15, 0.2) is 0 Å². The number of hydrogen-bond acceptors (Lipinski definition) is 1. The summed E-state index contributed by atoms with van der Waals surface area (Å²) in [6.07, 6.45) is 10.1. The Hall–Kier alpha value is -0.0400. The molecule has 0 aromatic carbocycles. The van der Waals surface area contributed by atoms with Crippen LogP contribution < -0.4 is 5.32 Å². The zero-order valence-corrected chi connectivity index (χ0v) is 13.0. The van der Waals surface area contributed by atoms with E-state index in [1.807, 2.05) is 0 Å². The summed E-state index contributed by atoms with van der Waals surface area (Å²) in [6, 6.07) is 0.784. The molecule has 2 aliphatic rings. The van der Waals surface area contributed by atoms with Gasteiger partial charge in [0.05, 0.1) is 0 Å². The molecule has 4 unspecified atom stereocenters. The van der Waals surface area contributed by atoms with Crippen LogP contribution in [0.1, 0.15) is 72.6 Å². The molecule has 1 N–H and O–H groups in total. The lowest BCUT2D eigenvalue weighted by atomic mass is 9.69. The molecule has 106 valence electrons. The minimum absolute atomic E-state index is 0.472. The zero-order valence-electron chi connectivity index (χ0n) is 13.0. The first-order valence-corrected chi connectivity index (χ1v) is 8.22. The highest BCUT2D eigenvalue weighted by molar-refractivity contribution is 4.89. The van der Waals surface area contributed by atoms with Gasteiger partial charge in [-0.2, -0.15) is 0 Å². The second-order valence-electron chi connectivity index (χ2n) is 7.94. The summed E-state index contributed by atoms with van der Waals surface area (Å²) in [5.74, 6) is 2.78. The van der Waals surface area contributed by atoms with Gasteiger partial charge in [-0.1, -0.05) is 53.4 Å². The molecule has 18 heavy (non-hydrogen) atoms. The highest BCUT2D eigenvalue weighted by atomic mass is 14.9. The van der Waals surface area contributed by atoms with Crippen LogP contribution >= 0.6 is 0 Å². The Balaban J connectivity index is 1.86. The maximum absolute atomic E-state index is 3.95. The summed E-state index contributed by atoms with van der Waals surface area (Å²) in [4.78, 5) is 0. The summed E-state index contributed by atoms with van der Waals surface area (Å²) in [6.45, 7) is 11.0. The molecule has 2 saturated carbocycles. The summed E-state index contributed by atoms with van der Waals surface area (Å²) in [7, 11) is 0. The Labute approximate surface area is 114 Å². The van der Waals surface area contributed by atoms with Crippen LogP contribution in [0.2, 0.25) is 0 Å². The lowest BCUT2D eigenvalue weighted by Gasteiger charge is -2.41. The molecule has 0 spiro atoms. The van der Waals surface area contributed by atoms with Crippen LogP contribution in [-0.2, 0) is 0 Å². The lowest BCUT2D eigenvalue weighted by molar-refractivity contribution is 0.126. The largest absolute Gasteiger partial charge is 0.313 e. The average molecular weight is 251 g/mol. The minimum Gasteiger partial charge on any atom is -0.313 e. The smallest absolute Gasteiger partial charge is 0.0100 e. The molecular formula is C17H33N. The van der Waals surface area contributed by atoms with Gasteiger partial charge in [-0.25, -0.2) is 0 Å². The van der Waals surface area contributed by atoms with Crippen LogP contribution in [0.3, 0.4) is 0 Å². The summed E-state index contributed by atoms with van der Waals surface area (Å²) in [5, 5.41) is 3.95. The van der Waals surface area contributed by atoms with E-state index in [0.717, 1.165) is 23.8 Å². The lowest BCUT2D eigenvalue weighted by Crippen LogP contribution is -2.46. The van der Waals surface area contributed by atoms with Crippen LogP contribution in [0.25, 0.3) is 0 Å². The van der Waals surface area contributed by atoms with E-state index < -0.39 is 0 Å². The van der Waals surface area contributed by atoms with E-state index in [1.54, 1.807) is 0 Å². The van der Waals surface area contributed by atoms with Crippen molar-refractivity contribution in [3.8, 4) is 0 Å². The third-order valence-corrected chi connectivity index (χ3v) is 5.56. The summed E-state index contributed by atoms with van der Waals surface area (Å²) < 4.78 is 0. The molecule has 0 heterocycles. The van der Waals surface area contributed by atoms with Crippen LogP contribution in [0.4, 0.5) is 0 Å². The molecule has 0 aromatic heterocycles. The van der Waals surface area contributed by atoms with E-state index in [2.05, 4.69) is 33.0 Å². The van der Waals surface area contributed by atoms with Gasteiger partial charge in [0, 0.05) is 6.04 Å². The van der Waals surface area contributed by atoms with Gasteiger partial charge < -0.3 is 5.32 Å². The monoisotopic (exact) mass is 251 g/mol. The van der Waals surface area contributed by atoms with Gasteiger partial charge in [0.1, 0.15) is 0 Å². The van der Waals surface area contributed by atoms with Crippen molar-refractivity contribution >= 4 is 0 Å². The topological polar surface area (TPSA) is 12.0 Å². The molecule has 0 bridgehead atoms. The zero-order chi connectivity index (χ0) is 13.2. The normalized spacial score (nSPS) is 38.0. The van der Waals surface area contributed by atoms with E-state index in [1.165, 1.54) is 51.5 Å². The Morgan fingerprint density at radius 3 is 2.28 bits per heavy atom. The first kappa shape index (κ1) is 14.4. The van der Waals surface area contributed by atoms with Crippen molar-refractivity contribution in [3.05, 3.63) is 0 Å². The van der Waals surface area contributed by atoms with Crippen LogP contribution in [0, 0.1) is 23.2 Å². The van der Waals surface area contributed by atoms with Crippen LogP contribution in [-0.4, -0.2) is 12.6 Å². The maximum Gasteiger partial charge on any atom is 0.0100 e. The number of hydrogen-bond donors (Lipinski definition) is 1. The molecule has 2 aliphatic carbocycles. The van der Waals surface area contributed by atoms with Gasteiger partial charge in [0.15, 0.2) is 0 Å². The van der Waals surface area contributed by atoms with Crippen molar-refractivity contribution < 1.29 is 0 Å². The van der Waals surface area contributed by atoms with Crippen molar-refractivity contribution in [1.29, 1.82) is 0 Å². The second kappa shape index (κ2) is 5.94. The van der Waals surface area contributed by atoms with E-state index in [0.29, 0.717) is 5.41 Å². The third-order valence-electron chi connectivity index (χ3n) is 5.56. The predicted molar refractivity (Wildman–Crippen MR) is 79.7 cm³/mol. The molecule has 0 amide bonds. The molecular weight excluding hydrogens is 218 g/mol. The third kappa shape index (κ3) is 3.50. The number of rotatable bonds is 3. The SMILES string of the molecule is CC1CCCC1CNC1CCCCC1C(C)(C)C. The van der Waals surface area contributed by atoms with Crippen molar-refractivity contribution in [2.75, 3.05) is 6.54 Å². The fourth-order valence-electron chi connectivity index (χ4n) is 4.24. The standard InChI is InChI=1S/C17H33N/c1-13-8-7-9-14(13)12-18-16-11-6-5-10-15(16)17(2,3)4/h13-16,18H,5-12H2,1-4H3. The van der Waals surface area contributed by atoms with Gasteiger partial charge in [0.25, 0.3) is 0 Å². The average Bonchev–Trinajstić information content (AvgIpc) is 2.71. The fourth-order valence-corrected chi connectivity index (χ4v) is 4.24. The van der Waals surface area contributed by atoms with Gasteiger partial charge in [0.2, 0.25) is 0 Å². The fraction of sp³-hybridized carbons (Fsp3) is 1.00. The Bertz CT molecular complexity index is 253. The Morgan fingerprint density at radius 2 is 1.67 bits per heavy atom. The Morgan fingerprint density at radius 1 is 0.944 bits per heavy atom. The second-order valence-corrected chi connectivity index (χ2v) is 7.94. The summed E-state index contributed by atoms with van der Waals surface area (Å²) in [5.41, 5.74) is 0.472. The van der Waals surface area contributed by atoms with Gasteiger partial charge >= 0.3 is 0 Å². The van der Waals surface area contributed by atoms with Crippen LogP contribution in [0.5, 0.6) is 0 Å². The van der Waals surface area contributed by atoms with E-state index in [9.17, 15) is 0 Å². The van der Waals surface area contributed by atoms with E-state index >= 15 is 0 Å². The molecule has 2 fully saturated rings. The molecule has 1 heteroatoms. The molecule has 0 radical (unpaired) electrons. The molecule has 0 aliphatic heterocycles. The molecule has 2 rings (SSSR count). The van der Waals surface area contributed by atoms with E-state index in [4.69, 9.17) is 0 Å². The van der Waals surface area contributed by atoms with Crippen molar-refractivity contribution in [2.24, 2.45) is 23.2 Å². The quantitative estimate of drug-likeness (QED) is 0.772. The van der Waals surface area contributed by atoms with Gasteiger partial charge in [-0.15, -0.1) is 0 Å². The first-order valence-electron chi connectivity index (χ1n) is 8.22. The summed E-state index contributed by atoms with van der Waals surface area (Å²) >= 11 is 0. The van der Waals surface area contributed by atoms with E-state index in [-0.39, 0.29) is 0 Å². The number of nitrogens with one attached hydrogen (secondary N) is 1. The van der Waals surface area contributed by atoms with Crippen molar-refractivity contribution in [2.45, 2.75) is 78.7 Å². The maximum atomic E-state index is 3.95. The van der Waals surface area contributed by atoms with Gasteiger partial charge in [-0.3, -0.25) is 0 Å². The highest BCUT2D eigenvalue weighted by Gasteiger charge is 2.34. The molecule has 1 nitrogen and oxygen atoms in total. The first-order chi connectivity index (χ1) is 8.48. The van der Waals surface area contributed by atoms with Crippen molar-refractivity contribution in [3.63, 3.8) is 0 Å². The molecule has 0 aromatic rings.